The molecule has 2 N–H and O–H groups in total. The number of nitrogens with one attached hydrogen (secondary N) is 2. The van der Waals surface area contributed by atoms with Gasteiger partial charge in [-0.2, -0.15) is 0 Å². The molecule has 4 nitrogen and oxygen atoms in total. The van der Waals surface area contributed by atoms with E-state index in [1.54, 1.807) is 12.1 Å². The van der Waals surface area contributed by atoms with Gasteiger partial charge in [-0.05, 0) is 54.9 Å². The molecule has 20 heavy (non-hydrogen) atoms. The van der Waals surface area contributed by atoms with Crippen molar-refractivity contribution in [3.05, 3.63) is 21.6 Å². The van der Waals surface area contributed by atoms with Crippen molar-refractivity contribution >= 4 is 39.1 Å². The summed E-state index contributed by atoms with van der Waals surface area (Å²) in [6.45, 7) is 5.31. The monoisotopic (exact) mass is 360 g/mol. The Kier molecular flexibility index (Phi) is 5.29. The minimum absolute atomic E-state index is 0.00220. The van der Waals surface area contributed by atoms with Crippen LogP contribution in [-0.4, -0.2) is 25.1 Å². The maximum absolute atomic E-state index is 12.3. The lowest BCUT2D eigenvalue weighted by Gasteiger charge is -2.18. The molecule has 1 aliphatic rings. The number of rotatable bonds is 4. The first-order valence-electron chi connectivity index (χ1n) is 6.69. The Hall–Kier alpha value is -0.780. The molecule has 1 aliphatic heterocycles. The van der Waals surface area contributed by atoms with Gasteiger partial charge >= 0.3 is 0 Å². The van der Waals surface area contributed by atoms with Crippen molar-refractivity contribution in [2.75, 3.05) is 18.5 Å². The van der Waals surface area contributed by atoms with Crippen LogP contribution in [0.3, 0.4) is 0 Å². The van der Waals surface area contributed by atoms with E-state index in [-0.39, 0.29) is 17.9 Å². The fourth-order valence-corrected chi connectivity index (χ4v) is 3.31. The molecule has 0 bridgehead atoms. The number of ether oxygens (including phenoxy) is 1. The van der Waals surface area contributed by atoms with E-state index < -0.39 is 0 Å². The van der Waals surface area contributed by atoms with Gasteiger partial charge in [0.1, 0.15) is 0 Å². The Morgan fingerprint density at radius 1 is 1.60 bits per heavy atom. The number of benzene rings is 1. The van der Waals surface area contributed by atoms with Crippen LogP contribution in [0.25, 0.3) is 0 Å². The normalized spacial score (nSPS) is 21.8. The van der Waals surface area contributed by atoms with Crippen LogP contribution >= 0.6 is 27.5 Å². The fraction of sp³-hybridized carbons (Fsp3) is 0.500. The average Bonchev–Trinajstić information content (AvgIpc) is 2.80. The molecule has 1 fully saturated rings. The zero-order valence-corrected chi connectivity index (χ0v) is 13.8. The van der Waals surface area contributed by atoms with Crippen molar-refractivity contribution in [1.29, 1.82) is 0 Å². The van der Waals surface area contributed by atoms with E-state index in [1.807, 2.05) is 13.8 Å². The first-order valence-corrected chi connectivity index (χ1v) is 7.86. The minimum atomic E-state index is -0.0257. The SMILES string of the molecule is CCOc1c(Br)cc(Cl)cc1NC(=O)C1CCNC1C. The maximum Gasteiger partial charge on any atom is 0.229 e. The molecule has 1 heterocycles. The Bertz CT molecular complexity index is 510. The minimum Gasteiger partial charge on any atom is -0.491 e. The highest BCUT2D eigenvalue weighted by molar-refractivity contribution is 9.10. The quantitative estimate of drug-likeness (QED) is 0.864. The molecule has 110 valence electrons. The number of carbonyl (C=O) groups excluding carboxylic acids is 1. The van der Waals surface area contributed by atoms with Gasteiger partial charge in [0.05, 0.1) is 22.7 Å². The van der Waals surface area contributed by atoms with Crippen LogP contribution in [0.15, 0.2) is 16.6 Å². The van der Waals surface area contributed by atoms with E-state index >= 15 is 0 Å². The second kappa shape index (κ2) is 6.78. The summed E-state index contributed by atoms with van der Waals surface area (Å²) in [7, 11) is 0. The molecule has 2 atom stereocenters. The first kappa shape index (κ1) is 15.6. The Morgan fingerprint density at radius 2 is 2.35 bits per heavy atom. The predicted molar refractivity (Wildman–Crippen MR) is 84.5 cm³/mol. The zero-order chi connectivity index (χ0) is 14.7. The topological polar surface area (TPSA) is 50.4 Å². The molecular formula is C14H18BrClN2O2. The number of hydrogen-bond acceptors (Lipinski definition) is 3. The summed E-state index contributed by atoms with van der Waals surface area (Å²) in [6, 6.07) is 3.65. The second-order valence-electron chi connectivity index (χ2n) is 4.82. The second-order valence-corrected chi connectivity index (χ2v) is 6.12. The van der Waals surface area contributed by atoms with E-state index in [0.29, 0.717) is 23.1 Å². The van der Waals surface area contributed by atoms with Gasteiger partial charge in [0.2, 0.25) is 5.91 Å². The lowest BCUT2D eigenvalue weighted by molar-refractivity contribution is -0.120. The highest BCUT2D eigenvalue weighted by atomic mass is 79.9. The summed E-state index contributed by atoms with van der Waals surface area (Å²) in [5, 5.41) is 6.75. The van der Waals surface area contributed by atoms with Gasteiger partial charge in [-0.3, -0.25) is 4.79 Å². The molecule has 1 saturated heterocycles. The number of amides is 1. The Balaban J connectivity index is 2.21. The van der Waals surface area contributed by atoms with Gasteiger partial charge in [0.15, 0.2) is 5.75 Å². The molecular weight excluding hydrogens is 344 g/mol. The largest absolute Gasteiger partial charge is 0.491 e. The highest BCUT2D eigenvalue weighted by Gasteiger charge is 2.30. The Morgan fingerprint density at radius 3 is 2.95 bits per heavy atom. The van der Waals surface area contributed by atoms with Crippen LogP contribution in [0.1, 0.15) is 20.3 Å². The van der Waals surface area contributed by atoms with Crippen LogP contribution < -0.4 is 15.4 Å². The first-order chi connectivity index (χ1) is 9.52. The lowest BCUT2D eigenvalue weighted by Crippen LogP contribution is -2.32. The number of anilines is 1. The van der Waals surface area contributed by atoms with E-state index in [0.717, 1.165) is 17.4 Å². The van der Waals surface area contributed by atoms with Crippen LogP contribution in [0, 0.1) is 5.92 Å². The number of carbonyl (C=O) groups is 1. The third-order valence-electron chi connectivity index (χ3n) is 3.42. The molecule has 1 aromatic rings. The average molecular weight is 362 g/mol. The summed E-state index contributed by atoms with van der Waals surface area (Å²) in [6.07, 6.45) is 0.846. The fourth-order valence-electron chi connectivity index (χ4n) is 2.39. The van der Waals surface area contributed by atoms with Gasteiger partial charge in [0, 0.05) is 11.1 Å². The van der Waals surface area contributed by atoms with Crippen molar-refractivity contribution < 1.29 is 9.53 Å². The molecule has 6 heteroatoms. The van der Waals surface area contributed by atoms with Crippen LogP contribution in [0.5, 0.6) is 5.75 Å². The van der Waals surface area contributed by atoms with E-state index in [9.17, 15) is 4.79 Å². The van der Waals surface area contributed by atoms with Crippen molar-refractivity contribution in [2.24, 2.45) is 5.92 Å². The summed E-state index contributed by atoms with van der Waals surface area (Å²) < 4.78 is 6.31. The molecule has 1 aromatic carbocycles. The molecule has 0 spiro atoms. The molecule has 0 radical (unpaired) electrons. The summed E-state index contributed by atoms with van der Waals surface area (Å²) >= 11 is 9.46. The molecule has 2 rings (SSSR count). The van der Waals surface area contributed by atoms with Crippen molar-refractivity contribution in [2.45, 2.75) is 26.3 Å². The van der Waals surface area contributed by atoms with Crippen LogP contribution in [0.2, 0.25) is 5.02 Å². The van der Waals surface area contributed by atoms with E-state index in [4.69, 9.17) is 16.3 Å². The van der Waals surface area contributed by atoms with Crippen LogP contribution in [0.4, 0.5) is 5.69 Å². The van der Waals surface area contributed by atoms with Gasteiger partial charge in [-0.1, -0.05) is 11.6 Å². The maximum atomic E-state index is 12.3. The van der Waals surface area contributed by atoms with Crippen molar-refractivity contribution in [3.63, 3.8) is 0 Å². The summed E-state index contributed by atoms with van der Waals surface area (Å²) in [5.41, 5.74) is 0.607. The smallest absolute Gasteiger partial charge is 0.229 e. The van der Waals surface area contributed by atoms with Gasteiger partial charge in [-0.25, -0.2) is 0 Å². The van der Waals surface area contributed by atoms with E-state index in [1.165, 1.54) is 0 Å². The lowest BCUT2D eigenvalue weighted by atomic mass is 10.0. The predicted octanol–water partition coefficient (Wildman–Crippen LogP) is 3.44. The third-order valence-corrected chi connectivity index (χ3v) is 4.22. The van der Waals surface area contributed by atoms with Gasteiger partial charge < -0.3 is 15.4 Å². The van der Waals surface area contributed by atoms with Crippen molar-refractivity contribution in [3.8, 4) is 5.75 Å². The Labute approximate surface area is 132 Å². The highest BCUT2D eigenvalue weighted by Crippen LogP contribution is 2.37. The summed E-state index contributed by atoms with van der Waals surface area (Å²) in [5.74, 6) is 0.587. The number of halogens is 2. The molecule has 0 saturated carbocycles. The molecule has 2 unspecified atom stereocenters. The standard InChI is InChI=1S/C14H18BrClN2O2/c1-3-20-13-11(15)6-9(16)7-12(13)18-14(19)10-4-5-17-8(10)2/h6-8,10,17H,3-5H2,1-2H3,(H,18,19). The van der Waals surface area contributed by atoms with Crippen LogP contribution in [-0.2, 0) is 4.79 Å². The molecule has 1 amide bonds. The number of hydrogen-bond donors (Lipinski definition) is 2. The molecule has 0 aliphatic carbocycles. The van der Waals surface area contributed by atoms with Gasteiger partial charge in [0.25, 0.3) is 0 Å². The third kappa shape index (κ3) is 3.45. The van der Waals surface area contributed by atoms with Crippen molar-refractivity contribution in [1.82, 2.24) is 5.32 Å². The summed E-state index contributed by atoms with van der Waals surface area (Å²) in [4.78, 5) is 12.3. The van der Waals surface area contributed by atoms with E-state index in [2.05, 4.69) is 26.6 Å². The molecule has 0 aromatic heterocycles. The van der Waals surface area contributed by atoms with Gasteiger partial charge in [-0.15, -0.1) is 0 Å². The zero-order valence-electron chi connectivity index (χ0n) is 11.5.